The monoisotopic (exact) mass is 432 g/mol. The van der Waals surface area contributed by atoms with E-state index in [0.29, 0.717) is 17.3 Å². The van der Waals surface area contributed by atoms with Crippen LogP contribution in [0.15, 0.2) is 94.7 Å². The molecular weight excluding hydrogens is 408 g/mol. The molecule has 3 aromatic rings. The molecule has 0 saturated heterocycles. The summed E-state index contributed by atoms with van der Waals surface area (Å²) < 4.78 is 40.7. The molecule has 0 unspecified atom stereocenters. The quantitative estimate of drug-likeness (QED) is 0.554. The Morgan fingerprint density at radius 1 is 0.839 bits per heavy atom. The van der Waals surface area contributed by atoms with E-state index in [9.17, 15) is 8.42 Å². The van der Waals surface area contributed by atoms with Gasteiger partial charge in [-0.15, -0.1) is 0 Å². The summed E-state index contributed by atoms with van der Waals surface area (Å²) >= 11 is 0. The van der Waals surface area contributed by atoms with Crippen molar-refractivity contribution in [3.63, 3.8) is 0 Å². The molecule has 0 N–H and O–H groups in total. The lowest BCUT2D eigenvalue weighted by atomic mass is 9.73. The van der Waals surface area contributed by atoms with Crippen LogP contribution in [0.4, 0.5) is 0 Å². The Kier molecular flexibility index (Phi) is 4.67. The van der Waals surface area contributed by atoms with Gasteiger partial charge in [0.05, 0.1) is 16.4 Å². The normalized spacial score (nSPS) is 22.0. The SMILES string of the molecule is CC1(C)OC(c2ccccc2)=C(S(=O)(=O)c2ccccc2)[C@@H]2c3ccccc3OC[C@@H]21. The molecule has 3 aromatic carbocycles. The molecule has 0 spiro atoms. The maximum Gasteiger partial charge on any atom is 0.207 e. The minimum absolute atomic E-state index is 0.150. The lowest BCUT2D eigenvalue weighted by Crippen LogP contribution is -2.48. The molecule has 0 saturated carbocycles. The number of hydrogen-bond acceptors (Lipinski definition) is 4. The van der Waals surface area contributed by atoms with Crippen LogP contribution in [0.25, 0.3) is 5.76 Å². The van der Waals surface area contributed by atoms with Crippen LogP contribution in [0, 0.1) is 5.92 Å². The van der Waals surface area contributed by atoms with Crippen molar-refractivity contribution >= 4 is 15.6 Å². The van der Waals surface area contributed by atoms with Gasteiger partial charge >= 0.3 is 0 Å². The van der Waals surface area contributed by atoms with Gasteiger partial charge in [-0.3, -0.25) is 0 Å². The summed E-state index contributed by atoms with van der Waals surface area (Å²) in [4.78, 5) is 0.578. The summed E-state index contributed by atoms with van der Waals surface area (Å²) in [5.41, 5.74) is 1.03. The number of hydrogen-bond donors (Lipinski definition) is 0. The number of fused-ring (bicyclic) bond motifs is 3. The first-order valence-corrected chi connectivity index (χ1v) is 11.9. The molecule has 0 bridgehead atoms. The fraction of sp³-hybridized carbons (Fsp3) is 0.231. The first-order chi connectivity index (χ1) is 14.9. The molecule has 0 radical (unpaired) electrons. The van der Waals surface area contributed by atoms with Crippen molar-refractivity contribution in [3.8, 4) is 5.75 Å². The molecular formula is C26H24O4S. The fourth-order valence-corrected chi connectivity index (χ4v) is 6.42. The zero-order chi connectivity index (χ0) is 21.6. The van der Waals surface area contributed by atoms with Gasteiger partial charge in [0.2, 0.25) is 9.84 Å². The summed E-state index contributed by atoms with van der Waals surface area (Å²) in [6, 6.07) is 25.8. The summed E-state index contributed by atoms with van der Waals surface area (Å²) in [6.45, 7) is 4.41. The van der Waals surface area contributed by atoms with Gasteiger partial charge in [0.15, 0.2) is 0 Å². The maximum atomic E-state index is 14.1. The second-order valence-corrected chi connectivity index (χ2v) is 10.4. The van der Waals surface area contributed by atoms with Crippen LogP contribution in [0.2, 0.25) is 0 Å². The molecule has 0 amide bonds. The van der Waals surface area contributed by atoms with Gasteiger partial charge in [-0.05, 0) is 32.0 Å². The van der Waals surface area contributed by atoms with E-state index < -0.39 is 15.4 Å². The Labute approximate surface area is 183 Å². The molecule has 158 valence electrons. The topological polar surface area (TPSA) is 52.6 Å². The van der Waals surface area contributed by atoms with E-state index in [0.717, 1.165) is 16.9 Å². The predicted octanol–water partition coefficient (Wildman–Crippen LogP) is 5.43. The lowest BCUT2D eigenvalue weighted by Gasteiger charge is -2.48. The number of sulfone groups is 1. The van der Waals surface area contributed by atoms with E-state index in [1.165, 1.54) is 0 Å². The van der Waals surface area contributed by atoms with Crippen molar-refractivity contribution in [2.24, 2.45) is 5.92 Å². The highest BCUT2D eigenvalue weighted by molar-refractivity contribution is 7.95. The van der Waals surface area contributed by atoms with Crippen molar-refractivity contribution in [3.05, 3.63) is 101 Å². The van der Waals surface area contributed by atoms with E-state index in [1.807, 2.05) is 74.5 Å². The van der Waals surface area contributed by atoms with Crippen LogP contribution in [0.3, 0.4) is 0 Å². The van der Waals surface area contributed by atoms with Crippen molar-refractivity contribution in [2.45, 2.75) is 30.3 Å². The van der Waals surface area contributed by atoms with Crippen molar-refractivity contribution in [1.29, 1.82) is 0 Å². The zero-order valence-electron chi connectivity index (χ0n) is 17.5. The number of rotatable bonds is 3. The first kappa shape index (κ1) is 19.9. The first-order valence-electron chi connectivity index (χ1n) is 10.4. The average Bonchev–Trinajstić information content (AvgIpc) is 2.79. The molecule has 5 heteroatoms. The smallest absolute Gasteiger partial charge is 0.207 e. The Morgan fingerprint density at radius 3 is 2.16 bits per heavy atom. The number of benzene rings is 3. The summed E-state index contributed by atoms with van der Waals surface area (Å²) in [5, 5.41) is 0. The standard InChI is InChI=1S/C26H24O4S/c1-26(2)21-17-29-22-16-10-9-15-20(22)23(21)25(24(30-26)18-11-5-3-6-12-18)31(27,28)19-13-7-4-8-14-19/h3-16,21,23H,17H2,1-2H3/t21-,23+/m0/s1. The zero-order valence-corrected chi connectivity index (χ0v) is 18.3. The van der Waals surface area contributed by atoms with Crippen molar-refractivity contribution in [1.82, 2.24) is 0 Å². The van der Waals surface area contributed by atoms with Crippen LogP contribution in [-0.4, -0.2) is 20.6 Å². The van der Waals surface area contributed by atoms with Crippen molar-refractivity contribution < 1.29 is 17.9 Å². The van der Waals surface area contributed by atoms with Crippen LogP contribution in [0.1, 0.15) is 30.9 Å². The van der Waals surface area contributed by atoms with Gasteiger partial charge in [-0.2, -0.15) is 0 Å². The second kappa shape index (κ2) is 7.27. The average molecular weight is 433 g/mol. The Morgan fingerprint density at radius 2 is 1.45 bits per heavy atom. The van der Waals surface area contributed by atoms with Crippen LogP contribution in [0.5, 0.6) is 5.75 Å². The van der Waals surface area contributed by atoms with E-state index >= 15 is 0 Å². The molecule has 2 aliphatic rings. The Bertz CT molecular complexity index is 1240. The lowest BCUT2D eigenvalue weighted by molar-refractivity contribution is -0.0300. The second-order valence-electron chi connectivity index (χ2n) is 8.51. The van der Waals surface area contributed by atoms with Gasteiger partial charge in [-0.25, -0.2) is 8.42 Å². The fourth-order valence-electron chi connectivity index (χ4n) is 4.62. The van der Waals surface area contributed by atoms with Crippen LogP contribution < -0.4 is 4.74 Å². The van der Waals surface area contributed by atoms with Gasteiger partial charge < -0.3 is 9.47 Å². The third-order valence-corrected chi connectivity index (χ3v) is 8.13. The third-order valence-electron chi connectivity index (χ3n) is 6.22. The summed E-state index contributed by atoms with van der Waals surface area (Å²) in [5.74, 6) is 0.638. The van der Waals surface area contributed by atoms with Crippen LogP contribution in [-0.2, 0) is 14.6 Å². The Hall–Kier alpha value is -3.05. The van der Waals surface area contributed by atoms with Gasteiger partial charge in [0.1, 0.15) is 17.1 Å². The van der Waals surface area contributed by atoms with E-state index in [-0.39, 0.29) is 16.7 Å². The van der Waals surface area contributed by atoms with E-state index in [2.05, 4.69) is 0 Å². The minimum atomic E-state index is -3.82. The van der Waals surface area contributed by atoms with E-state index in [4.69, 9.17) is 9.47 Å². The minimum Gasteiger partial charge on any atom is -0.493 e. The maximum absolute atomic E-state index is 14.1. The van der Waals surface area contributed by atoms with Crippen LogP contribution >= 0.6 is 0 Å². The molecule has 2 heterocycles. The summed E-state index contributed by atoms with van der Waals surface area (Å²) in [7, 11) is -3.82. The largest absolute Gasteiger partial charge is 0.493 e. The predicted molar refractivity (Wildman–Crippen MR) is 120 cm³/mol. The highest BCUT2D eigenvalue weighted by Crippen LogP contribution is 2.55. The molecule has 0 aliphatic carbocycles. The molecule has 0 fully saturated rings. The third kappa shape index (κ3) is 3.24. The molecule has 4 nitrogen and oxygen atoms in total. The number of allylic oxidation sites excluding steroid dienone is 1. The molecule has 31 heavy (non-hydrogen) atoms. The Balaban J connectivity index is 1.85. The highest BCUT2D eigenvalue weighted by atomic mass is 32.2. The molecule has 2 aliphatic heterocycles. The van der Waals surface area contributed by atoms with E-state index in [1.54, 1.807) is 24.3 Å². The molecule has 5 rings (SSSR count). The number of para-hydroxylation sites is 1. The van der Waals surface area contributed by atoms with Gasteiger partial charge in [0, 0.05) is 23.0 Å². The number of ether oxygens (including phenoxy) is 2. The molecule has 0 aromatic heterocycles. The highest BCUT2D eigenvalue weighted by Gasteiger charge is 2.52. The molecule has 2 atom stereocenters. The van der Waals surface area contributed by atoms with Gasteiger partial charge in [0.25, 0.3) is 0 Å². The summed E-state index contributed by atoms with van der Waals surface area (Å²) in [6.07, 6.45) is 0. The van der Waals surface area contributed by atoms with Gasteiger partial charge in [-0.1, -0.05) is 66.7 Å². The van der Waals surface area contributed by atoms with Crippen molar-refractivity contribution in [2.75, 3.05) is 6.61 Å².